The molecule has 0 aliphatic heterocycles. The van der Waals surface area contributed by atoms with Crippen LogP contribution in [-0.2, 0) is 12.0 Å². The molecule has 0 bridgehead atoms. The summed E-state index contributed by atoms with van der Waals surface area (Å²) in [6.45, 7) is 0. The summed E-state index contributed by atoms with van der Waals surface area (Å²) in [6, 6.07) is 7.47. The fourth-order valence-corrected chi connectivity index (χ4v) is 3.79. The number of carbonyl (C=O) groups is 1. The molecule has 3 nitrogen and oxygen atoms in total. The van der Waals surface area contributed by atoms with Crippen LogP contribution in [0.4, 0.5) is 13.2 Å². The molecule has 0 fully saturated rings. The highest BCUT2D eigenvalue weighted by Crippen LogP contribution is 2.44. The summed E-state index contributed by atoms with van der Waals surface area (Å²) in [4.78, 5) is 12.5. The number of hydrogen-bond donors (Lipinski definition) is 2. The SMILES string of the molecule is O=C(C[C@@](O)(c1cc(Cl)cc(Cl)c1)C(F)(F)F)c1ccc2c(c1)CCC2O. The number of hydrogen-bond acceptors (Lipinski definition) is 3. The Morgan fingerprint density at radius 3 is 2.33 bits per heavy atom. The van der Waals surface area contributed by atoms with Crippen molar-refractivity contribution in [2.24, 2.45) is 0 Å². The van der Waals surface area contributed by atoms with Gasteiger partial charge in [0.25, 0.3) is 0 Å². The monoisotopic (exact) mass is 418 g/mol. The van der Waals surface area contributed by atoms with E-state index in [1.165, 1.54) is 24.3 Å². The number of ketones is 1. The molecule has 3 rings (SSSR count). The lowest BCUT2D eigenvalue weighted by Crippen LogP contribution is -2.44. The van der Waals surface area contributed by atoms with E-state index in [1.54, 1.807) is 0 Å². The molecule has 1 unspecified atom stereocenters. The number of halogens is 5. The van der Waals surface area contributed by atoms with Crippen LogP contribution >= 0.6 is 23.2 Å². The zero-order chi connectivity index (χ0) is 20.0. The van der Waals surface area contributed by atoms with Gasteiger partial charge in [0.2, 0.25) is 0 Å². The van der Waals surface area contributed by atoms with Crippen molar-refractivity contribution in [1.29, 1.82) is 0 Å². The summed E-state index contributed by atoms with van der Waals surface area (Å²) in [5, 5.41) is 20.1. The first-order chi connectivity index (χ1) is 12.5. The summed E-state index contributed by atoms with van der Waals surface area (Å²) in [6.07, 6.45) is -5.94. The van der Waals surface area contributed by atoms with Crippen molar-refractivity contribution in [1.82, 2.24) is 0 Å². The summed E-state index contributed by atoms with van der Waals surface area (Å²) in [7, 11) is 0. The normalized spacial score (nSPS) is 18.9. The number of fused-ring (bicyclic) bond motifs is 1. The second-order valence-electron chi connectivity index (χ2n) is 6.58. The van der Waals surface area contributed by atoms with Gasteiger partial charge in [0.05, 0.1) is 12.5 Å². The van der Waals surface area contributed by atoms with Gasteiger partial charge in [-0.1, -0.05) is 35.3 Å². The van der Waals surface area contributed by atoms with E-state index in [1.807, 2.05) is 0 Å². The summed E-state index contributed by atoms with van der Waals surface area (Å²) in [5.74, 6) is -0.880. The molecule has 27 heavy (non-hydrogen) atoms. The maximum absolute atomic E-state index is 13.7. The molecule has 0 saturated carbocycles. The lowest BCUT2D eigenvalue weighted by Gasteiger charge is -2.30. The third kappa shape index (κ3) is 3.85. The first-order valence-electron chi connectivity index (χ1n) is 8.11. The lowest BCUT2D eigenvalue weighted by atomic mass is 9.86. The van der Waals surface area contributed by atoms with Crippen molar-refractivity contribution in [3.05, 3.63) is 68.7 Å². The van der Waals surface area contributed by atoms with Gasteiger partial charge in [-0.2, -0.15) is 13.2 Å². The van der Waals surface area contributed by atoms with Gasteiger partial charge >= 0.3 is 6.18 Å². The third-order valence-electron chi connectivity index (χ3n) is 4.74. The Hall–Kier alpha value is -1.60. The standard InChI is InChI=1S/C19H15Cl2F3O3/c20-13-6-12(7-14(21)8-13)18(27,19(22,23)24)9-17(26)11-1-3-15-10(5-11)2-4-16(15)25/h1,3,5-8,16,25,27H,2,4,9H2/t16?,18-/m1/s1. The van der Waals surface area contributed by atoms with Crippen molar-refractivity contribution in [2.75, 3.05) is 0 Å². The van der Waals surface area contributed by atoms with E-state index in [0.717, 1.165) is 17.7 Å². The highest BCUT2D eigenvalue weighted by atomic mass is 35.5. The van der Waals surface area contributed by atoms with Crippen LogP contribution in [0.2, 0.25) is 10.0 Å². The molecule has 144 valence electrons. The smallest absolute Gasteiger partial charge is 0.388 e. The lowest BCUT2D eigenvalue weighted by molar-refractivity contribution is -0.264. The van der Waals surface area contributed by atoms with Crippen LogP contribution in [-0.4, -0.2) is 22.2 Å². The largest absolute Gasteiger partial charge is 0.421 e. The van der Waals surface area contributed by atoms with Gasteiger partial charge in [-0.25, -0.2) is 0 Å². The quantitative estimate of drug-likeness (QED) is 0.687. The van der Waals surface area contributed by atoms with Crippen molar-refractivity contribution in [3.63, 3.8) is 0 Å². The van der Waals surface area contributed by atoms with E-state index in [2.05, 4.69) is 0 Å². The van der Waals surface area contributed by atoms with E-state index in [0.29, 0.717) is 18.4 Å². The molecular formula is C19H15Cl2F3O3. The van der Waals surface area contributed by atoms with Crippen LogP contribution in [0.3, 0.4) is 0 Å². The zero-order valence-corrected chi connectivity index (χ0v) is 15.4. The molecule has 8 heteroatoms. The van der Waals surface area contributed by atoms with Crippen LogP contribution < -0.4 is 0 Å². The molecule has 0 aromatic heterocycles. The number of aliphatic hydroxyl groups is 2. The predicted molar refractivity (Wildman–Crippen MR) is 95.1 cm³/mol. The number of alkyl halides is 3. The van der Waals surface area contributed by atoms with Crippen LogP contribution in [0.1, 0.15) is 46.0 Å². The average Bonchev–Trinajstić information content (AvgIpc) is 2.93. The second kappa shape index (κ2) is 7.09. The molecule has 2 atom stereocenters. The number of rotatable bonds is 4. The third-order valence-corrected chi connectivity index (χ3v) is 5.17. The van der Waals surface area contributed by atoms with Crippen LogP contribution in [0.5, 0.6) is 0 Å². The van der Waals surface area contributed by atoms with E-state index < -0.39 is 35.6 Å². The van der Waals surface area contributed by atoms with Gasteiger partial charge in [-0.3, -0.25) is 4.79 Å². The predicted octanol–water partition coefficient (Wildman–Crippen LogP) is 5.00. The number of Topliss-reactive ketones (excluding diaryl/α,β-unsaturated/α-hetero) is 1. The molecule has 0 saturated heterocycles. The minimum Gasteiger partial charge on any atom is -0.388 e. The van der Waals surface area contributed by atoms with E-state index >= 15 is 0 Å². The molecule has 1 aliphatic rings. The molecule has 2 N–H and O–H groups in total. The van der Waals surface area contributed by atoms with Gasteiger partial charge in [-0.15, -0.1) is 0 Å². The fraction of sp³-hybridized carbons (Fsp3) is 0.316. The van der Waals surface area contributed by atoms with Crippen molar-refractivity contribution in [2.45, 2.75) is 37.1 Å². The average molecular weight is 419 g/mol. The Balaban J connectivity index is 1.97. The Labute approximate surface area is 163 Å². The number of aliphatic hydroxyl groups excluding tert-OH is 1. The van der Waals surface area contributed by atoms with Gasteiger partial charge in [0.15, 0.2) is 11.4 Å². The Morgan fingerprint density at radius 1 is 1.11 bits per heavy atom. The Morgan fingerprint density at radius 2 is 1.74 bits per heavy atom. The molecule has 1 aliphatic carbocycles. The maximum Gasteiger partial charge on any atom is 0.421 e. The van der Waals surface area contributed by atoms with Crippen LogP contribution in [0.25, 0.3) is 0 Å². The highest BCUT2D eigenvalue weighted by molar-refractivity contribution is 6.34. The first kappa shape index (κ1) is 20.1. The van der Waals surface area contributed by atoms with Crippen molar-refractivity contribution < 1.29 is 28.2 Å². The first-order valence-corrected chi connectivity index (χ1v) is 8.86. The Kier molecular flexibility index (Phi) is 5.29. The number of aryl methyl sites for hydroxylation is 1. The van der Waals surface area contributed by atoms with Gasteiger partial charge in [0.1, 0.15) is 0 Å². The summed E-state index contributed by atoms with van der Waals surface area (Å²) in [5.41, 5.74) is -2.61. The maximum atomic E-state index is 13.7. The van der Waals surface area contributed by atoms with Gasteiger partial charge in [0, 0.05) is 15.6 Å². The molecule has 0 amide bonds. The van der Waals surface area contributed by atoms with E-state index in [9.17, 15) is 28.2 Å². The van der Waals surface area contributed by atoms with Crippen LogP contribution in [0, 0.1) is 0 Å². The minimum absolute atomic E-state index is 0.0404. The topological polar surface area (TPSA) is 57.5 Å². The van der Waals surface area contributed by atoms with E-state index in [-0.39, 0.29) is 15.6 Å². The molecule has 2 aromatic rings. The molecular weight excluding hydrogens is 404 g/mol. The Bertz CT molecular complexity index is 878. The van der Waals surface area contributed by atoms with Gasteiger partial charge < -0.3 is 10.2 Å². The number of carbonyl (C=O) groups excluding carboxylic acids is 1. The summed E-state index contributed by atoms with van der Waals surface area (Å²) < 4.78 is 41.0. The van der Waals surface area contributed by atoms with Crippen molar-refractivity contribution in [3.8, 4) is 0 Å². The molecule has 0 spiro atoms. The number of benzene rings is 2. The highest BCUT2D eigenvalue weighted by Gasteiger charge is 2.56. The molecule has 0 heterocycles. The minimum atomic E-state index is -5.12. The fourth-order valence-electron chi connectivity index (χ4n) is 3.26. The van der Waals surface area contributed by atoms with Crippen molar-refractivity contribution >= 4 is 29.0 Å². The van der Waals surface area contributed by atoms with E-state index in [4.69, 9.17) is 23.2 Å². The summed E-state index contributed by atoms with van der Waals surface area (Å²) >= 11 is 11.5. The zero-order valence-electron chi connectivity index (χ0n) is 13.9. The van der Waals surface area contributed by atoms with Gasteiger partial charge in [-0.05, 0) is 53.8 Å². The molecule has 2 aromatic carbocycles. The second-order valence-corrected chi connectivity index (χ2v) is 7.46. The molecule has 0 radical (unpaired) electrons. The van der Waals surface area contributed by atoms with Crippen LogP contribution in [0.15, 0.2) is 36.4 Å².